The molecule has 26 heavy (non-hydrogen) atoms. The zero-order chi connectivity index (χ0) is 19.2. The molecule has 0 fully saturated rings. The minimum absolute atomic E-state index is 0.0656. The van der Waals surface area contributed by atoms with Crippen LogP contribution in [0.5, 0.6) is 5.75 Å². The fourth-order valence-electron chi connectivity index (χ4n) is 2.56. The standard InChI is InChI=1S/C19H24N2O4S/c1-15-7-6-9-17(13-15)20-19(22)11-12-21(26(3,23)24)14-16-8-4-5-10-18(16)25-2/h4-10,13H,11-12,14H2,1-3H3,(H,20,22). The van der Waals surface area contributed by atoms with Crippen molar-refractivity contribution in [3.05, 3.63) is 59.7 Å². The zero-order valence-electron chi connectivity index (χ0n) is 15.2. The van der Waals surface area contributed by atoms with Crippen LogP contribution in [0.2, 0.25) is 0 Å². The number of hydrogen-bond acceptors (Lipinski definition) is 4. The lowest BCUT2D eigenvalue weighted by Gasteiger charge is -2.21. The van der Waals surface area contributed by atoms with Crippen LogP contribution in [0.1, 0.15) is 17.5 Å². The minimum Gasteiger partial charge on any atom is -0.496 e. The van der Waals surface area contributed by atoms with Crippen molar-refractivity contribution in [3.8, 4) is 5.75 Å². The second-order valence-corrected chi connectivity index (χ2v) is 8.06. The molecule has 2 aromatic carbocycles. The van der Waals surface area contributed by atoms with Crippen LogP contribution < -0.4 is 10.1 Å². The molecule has 0 saturated heterocycles. The number of nitrogens with zero attached hydrogens (tertiary/aromatic N) is 1. The monoisotopic (exact) mass is 376 g/mol. The summed E-state index contributed by atoms with van der Waals surface area (Å²) in [5.74, 6) is 0.384. The Morgan fingerprint density at radius 1 is 1.15 bits per heavy atom. The van der Waals surface area contributed by atoms with Crippen molar-refractivity contribution in [1.82, 2.24) is 4.31 Å². The number of aryl methyl sites for hydroxylation is 1. The van der Waals surface area contributed by atoms with Gasteiger partial charge in [-0.3, -0.25) is 4.79 Å². The molecule has 140 valence electrons. The Bertz CT molecular complexity index is 865. The summed E-state index contributed by atoms with van der Waals surface area (Å²) in [6.07, 6.45) is 1.21. The minimum atomic E-state index is -3.47. The molecule has 0 unspecified atom stereocenters. The van der Waals surface area contributed by atoms with Crippen LogP contribution in [0.15, 0.2) is 48.5 Å². The van der Waals surface area contributed by atoms with Crippen LogP contribution in [0.4, 0.5) is 5.69 Å². The van der Waals surface area contributed by atoms with Gasteiger partial charge in [0.15, 0.2) is 0 Å². The van der Waals surface area contributed by atoms with Gasteiger partial charge >= 0.3 is 0 Å². The van der Waals surface area contributed by atoms with E-state index in [0.717, 1.165) is 17.4 Å². The van der Waals surface area contributed by atoms with E-state index in [2.05, 4.69) is 5.32 Å². The molecule has 0 aromatic heterocycles. The summed E-state index contributed by atoms with van der Waals surface area (Å²) >= 11 is 0. The summed E-state index contributed by atoms with van der Waals surface area (Å²) in [7, 11) is -1.92. The molecule has 0 aliphatic heterocycles. The number of carbonyl (C=O) groups excluding carboxylic acids is 1. The molecule has 0 atom stereocenters. The van der Waals surface area contributed by atoms with E-state index < -0.39 is 10.0 Å². The third-order valence-corrected chi connectivity index (χ3v) is 5.15. The Kier molecular flexibility index (Phi) is 6.76. The van der Waals surface area contributed by atoms with Gasteiger partial charge in [0.1, 0.15) is 5.75 Å². The molecule has 6 nitrogen and oxygen atoms in total. The Morgan fingerprint density at radius 3 is 2.54 bits per heavy atom. The summed E-state index contributed by atoms with van der Waals surface area (Å²) in [5, 5.41) is 2.79. The normalized spacial score (nSPS) is 11.4. The highest BCUT2D eigenvalue weighted by Crippen LogP contribution is 2.20. The number of methoxy groups -OCH3 is 1. The number of ether oxygens (including phenoxy) is 1. The lowest BCUT2D eigenvalue weighted by Crippen LogP contribution is -2.32. The quantitative estimate of drug-likeness (QED) is 0.769. The third kappa shape index (κ3) is 5.86. The molecule has 0 radical (unpaired) electrons. The van der Waals surface area contributed by atoms with Crippen molar-refractivity contribution in [1.29, 1.82) is 0 Å². The van der Waals surface area contributed by atoms with Crippen molar-refractivity contribution < 1.29 is 17.9 Å². The van der Waals surface area contributed by atoms with Crippen LogP contribution in [0, 0.1) is 6.92 Å². The Labute approximate surface area is 154 Å². The molecular formula is C19H24N2O4S. The van der Waals surface area contributed by atoms with E-state index in [1.165, 1.54) is 4.31 Å². The number of sulfonamides is 1. The third-order valence-electron chi connectivity index (χ3n) is 3.90. The Balaban J connectivity index is 2.03. The van der Waals surface area contributed by atoms with Gasteiger partial charge in [-0.1, -0.05) is 30.3 Å². The predicted molar refractivity (Wildman–Crippen MR) is 103 cm³/mol. The van der Waals surface area contributed by atoms with Gasteiger partial charge in [-0.05, 0) is 30.7 Å². The van der Waals surface area contributed by atoms with E-state index in [1.54, 1.807) is 19.2 Å². The van der Waals surface area contributed by atoms with Gasteiger partial charge in [0, 0.05) is 30.8 Å². The van der Waals surface area contributed by atoms with Crippen molar-refractivity contribution in [3.63, 3.8) is 0 Å². The van der Waals surface area contributed by atoms with Gasteiger partial charge < -0.3 is 10.1 Å². The number of carbonyl (C=O) groups is 1. The average Bonchev–Trinajstić information content (AvgIpc) is 2.58. The zero-order valence-corrected chi connectivity index (χ0v) is 16.0. The summed E-state index contributed by atoms with van der Waals surface area (Å²) in [5.41, 5.74) is 2.49. The molecule has 1 N–H and O–H groups in total. The first-order valence-corrected chi connectivity index (χ1v) is 10.1. The van der Waals surface area contributed by atoms with E-state index in [4.69, 9.17) is 4.74 Å². The van der Waals surface area contributed by atoms with Crippen molar-refractivity contribution >= 4 is 21.6 Å². The highest BCUT2D eigenvalue weighted by molar-refractivity contribution is 7.88. The van der Waals surface area contributed by atoms with E-state index in [1.807, 2.05) is 43.3 Å². The first-order valence-electron chi connectivity index (χ1n) is 8.23. The van der Waals surface area contributed by atoms with E-state index in [9.17, 15) is 13.2 Å². The highest BCUT2D eigenvalue weighted by atomic mass is 32.2. The van der Waals surface area contributed by atoms with Gasteiger partial charge in [-0.2, -0.15) is 4.31 Å². The fourth-order valence-corrected chi connectivity index (χ4v) is 3.35. The molecule has 1 amide bonds. The maximum absolute atomic E-state index is 12.2. The fraction of sp³-hybridized carbons (Fsp3) is 0.316. The molecule has 0 saturated carbocycles. The molecule has 7 heteroatoms. The van der Waals surface area contributed by atoms with Crippen LogP contribution in [0.25, 0.3) is 0 Å². The van der Waals surface area contributed by atoms with E-state index in [-0.39, 0.29) is 25.4 Å². The smallest absolute Gasteiger partial charge is 0.225 e. The summed E-state index contributed by atoms with van der Waals surface area (Å²) in [4.78, 5) is 12.2. The summed E-state index contributed by atoms with van der Waals surface area (Å²) in [6, 6.07) is 14.7. The predicted octanol–water partition coefficient (Wildman–Crippen LogP) is 2.79. The largest absolute Gasteiger partial charge is 0.496 e. The molecule has 2 aromatic rings. The number of hydrogen-bond donors (Lipinski definition) is 1. The van der Waals surface area contributed by atoms with Crippen LogP contribution >= 0.6 is 0 Å². The van der Waals surface area contributed by atoms with Crippen LogP contribution in [-0.2, 0) is 21.4 Å². The molecule has 0 spiro atoms. The Morgan fingerprint density at radius 2 is 1.88 bits per heavy atom. The van der Waals surface area contributed by atoms with Crippen molar-refractivity contribution in [2.24, 2.45) is 0 Å². The molecule has 0 bridgehead atoms. The van der Waals surface area contributed by atoms with Gasteiger partial charge in [0.2, 0.25) is 15.9 Å². The van der Waals surface area contributed by atoms with E-state index >= 15 is 0 Å². The number of benzene rings is 2. The molecule has 0 heterocycles. The van der Waals surface area contributed by atoms with Gasteiger partial charge in [-0.15, -0.1) is 0 Å². The van der Waals surface area contributed by atoms with Crippen molar-refractivity contribution in [2.45, 2.75) is 19.9 Å². The maximum atomic E-state index is 12.2. The number of para-hydroxylation sites is 1. The first kappa shape index (κ1) is 19.9. The maximum Gasteiger partial charge on any atom is 0.225 e. The number of anilines is 1. The van der Waals surface area contributed by atoms with Gasteiger partial charge in [0.25, 0.3) is 0 Å². The average molecular weight is 376 g/mol. The summed E-state index contributed by atoms with van der Waals surface area (Å²) in [6.45, 7) is 2.18. The van der Waals surface area contributed by atoms with Gasteiger partial charge in [-0.25, -0.2) is 8.42 Å². The second kappa shape index (κ2) is 8.82. The Hall–Kier alpha value is -2.38. The second-order valence-electron chi connectivity index (χ2n) is 6.08. The van der Waals surface area contributed by atoms with Crippen molar-refractivity contribution in [2.75, 3.05) is 25.2 Å². The first-order chi connectivity index (χ1) is 12.3. The lowest BCUT2D eigenvalue weighted by atomic mass is 10.2. The lowest BCUT2D eigenvalue weighted by molar-refractivity contribution is -0.116. The van der Waals surface area contributed by atoms with Crippen LogP contribution in [-0.4, -0.2) is 38.5 Å². The molecular weight excluding hydrogens is 352 g/mol. The van der Waals surface area contributed by atoms with Gasteiger partial charge in [0.05, 0.1) is 13.4 Å². The number of nitrogens with one attached hydrogen (secondary N) is 1. The molecule has 2 rings (SSSR count). The molecule has 0 aliphatic rings. The highest BCUT2D eigenvalue weighted by Gasteiger charge is 2.20. The van der Waals surface area contributed by atoms with E-state index in [0.29, 0.717) is 11.4 Å². The number of amides is 1. The summed E-state index contributed by atoms with van der Waals surface area (Å²) < 4.78 is 30.8. The number of rotatable bonds is 8. The topological polar surface area (TPSA) is 75.7 Å². The molecule has 0 aliphatic carbocycles. The van der Waals surface area contributed by atoms with Crippen LogP contribution in [0.3, 0.4) is 0 Å². The SMILES string of the molecule is COc1ccccc1CN(CCC(=O)Nc1cccc(C)c1)S(C)(=O)=O.